The minimum Gasteiger partial charge on any atom is -0.388 e. The highest BCUT2D eigenvalue weighted by Crippen LogP contribution is 2.36. The van der Waals surface area contributed by atoms with Crippen molar-refractivity contribution in [2.45, 2.75) is 25.0 Å². The van der Waals surface area contributed by atoms with Crippen LogP contribution in [-0.4, -0.2) is 11.7 Å². The van der Waals surface area contributed by atoms with Gasteiger partial charge in [-0.3, -0.25) is 0 Å². The SMILES string of the molecule is OC(CC1OCCc2ccccc21)c1ccc(Cl)cc1Cl. The van der Waals surface area contributed by atoms with E-state index in [1.54, 1.807) is 18.2 Å². The van der Waals surface area contributed by atoms with E-state index in [0.29, 0.717) is 28.6 Å². The van der Waals surface area contributed by atoms with E-state index < -0.39 is 6.10 Å². The molecule has 1 aliphatic heterocycles. The van der Waals surface area contributed by atoms with Crippen molar-refractivity contribution in [2.24, 2.45) is 0 Å². The van der Waals surface area contributed by atoms with Crippen LogP contribution in [0.5, 0.6) is 0 Å². The Hall–Kier alpha value is -1.06. The van der Waals surface area contributed by atoms with Crippen LogP contribution in [0.15, 0.2) is 42.5 Å². The first-order chi connectivity index (χ1) is 10.1. The normalized spacial score (nSPS) is 19.1. The summed E-state index contributed by atoms with van der Waals surface area (Å²) in [4.78, 5) is 0. The number of aliphatic hydroxyl groups excluding tert-OH is 1. The van der Waals surface area contributed by atoms with Crippen LogP contribution in [0, 0.1) is 0 Å². The quantitative estimate of drug-likeness (QED) is 0.885. The Morgan fingerprint density at radius 1 is 1.19 bits per heavy atom. The molecular formula is C17H16Cl2O2. The van der Waals surface area contributed by atoms with Crippen LogP contribution in [0.25, 0.3) is 0 Å². The number of hydrogen-bond acceptors (Lipinski definition) is 2. The molecule has 0 fully saturated rings. The smallest absolute Gasteiger partial charge is 0.0855 e. The molecule has 2 aromatic carbocycles. The van der Waals surface area contributed by atoms with Gasteiger partial charge in [-0.25, -0.2) is 0 Å². The van der Waals surface area contributed by atoms with Gasteiger partial charge < -0.3 is 9.84 Å². The monoisotopic (exact) mass is 322 g/mol. The van der Waals surface area contributed by atoms with Crippen LogP contribution in [0.1, 0.15) is 35.3 Å². The van der Waals surface area contributed by atoms with Gasteiger partial charge in [0.25, 0.3) is 0 Å². The van der Waals surface area contributed by atoms with Crippen molar-refractivity contribution in [1.82, 2.24) is 0 Å². The molecule has 0 aromatic heterocycles. The summed E-state index contributed by atoms with van der Waals surface area (Å²) in [5, 5.41) is 11.5. The number of halogens is 2. The molecular weight excluding hydrogens is 307 g/mol. The lowest BCUT2D eigenvalue weighted by molar-refractivity contribution is 0.00380. The summed E-state index contributed by atoms with van der Waals surface area (Å²) in [6.45, 7) is 0.683. The lowest BCUT2D eigenvalue weighted by Crippen LogP contribution is -2.18. The van der Waals surface area contributed by atoms with Crippen molar-refractivity contribution < 1.29 is 9.84 Å². The summed E-state index contributed by atoms with van der Waals surface area (Å²) in [7, 11) is 0. The summed E-state index contributed by atoms with van der Waals surface area (Å²) in [6.07, 6.45) is 0.630. The molecule has 4 heteroatoms. The Morgan fingerprint density at radius 3 is 2.81 bits per heavy atom. The highest BCUT2D eigenvalue weighted by atomic mass is 35.5. The highest BCUT2D eigenvalue weighted by Gasteiger charge is 2.24. The average Bonchev–Trinajstić information content (AvgIpc) is 2.47. The summed E-state index contributed by atoms with van der Waals surface area (Å²) in [5.41, 5.74) is 3.14. The molecule has 0 spiro atoms. The molecule has 2 aromatic rings. The van der Waals surface area contributed by atoms with Gasteiger partial charge in [0.1, 0.15) is 0 Å². The van der Waals surface area contributed by atoms with Gasteiger partial charge in [-0.1, -0.05) is 53.5 Å². The zero-order valence-corrected chi connectivity index (χ0v) is 12.9. The molecule has 0 amide bonds. The van der Waals surface area contributed by atoms with Crippen LogP contribution in [0.2, 0.25) is 10.0 Å². The fourth-order valence-electron chi connectivity index (χ4n) is 2.77. The van der Waals surface area contributed by atoms with Gasteiger partial charge in [0.15, 0.2) is 0 Å². The molecule has 2 atom stereocenters. The fourth-order valence-corrected chi connectivity index (χ4v) is 3.31. The zero-order chi connectivity index (χ0) is 14.8. The van der Waals surface area contributed by atoms with Gasteiger partial charge >= 0.3 is 0 Å². The maximum absolute atomic E-state index is 10.5. The molecule has 21 heavy (non-hydrogen) atoms. The van der Waals surface area contributed by atoms with Gasteiger partial charge in [0.2, 0.25) is 0 Å². The number of hydrogen-bond donors (Lipinski definition) is 1. The van der Waals surface area contributed by atoms with Crippen molar-refractivity contribution in [3.05, 3.63) is 69.2 Å². The van der Waals surface area contributed by atoms with Gasteiger partial charge in [-0.2, -0.15) is 0 Å². The predicted molar refractivity (Wildman–Crippen MR) is 84.9 cm³/mol. The molecule has 3 rings (SSSR count). The van der Waals surface area contributed by atoms with Crippen LogP contribution < -0.4 is 0 Å². The standard InChI is InChI=1S/C17H16Cl2O2/c18-12-5-6-14(15(19)9-12)16(20)10-17-13-4-2-1-3-11(13)7-8-21-17/h1-6,9,16-17,20H,7-8,10H2. The van der Waals surface area contributed by atoms with Crippen LogP contribution in [-0.2, 0) is 11.2 Å². The van der Waals surface area contributed by atoms with E-state index in [1.165, 1.54) is 5.56 Å². The van der Waals surface area contributed by atoms with Gasteiger partial charge in [0, 0.05) is 16.5 Å². The first kappa shape index (κ1) is 14.9. The molecule has 1 aliphatic rings. The second-order valence-corrected chi connectivity index (χ2v) is 6.07. The molecule has 2 nitrogen and oxygen atoms in total. The number of ether oxygens (including phenoxy) is 1. The molecule has 0 saturated carbocycles. The lowest BCUT2D eigenvalue weighted by Gasteiger charge is -2.28. The van der Waals surface area contributed by atoms with Gasteiger partial charge in [-0.15, -0.1) is 0 Å². The highest BCUT2D eigenvalue weighted by molar-refractivity contribution is 6.35. The predicted octanol–water partition coefficient (Wildman–Crippen LogP) is 4.73. The second-order valence-electron chi connectivity index (χ2n) is 5.23. The van der Waals surface area contributed by atoms with Crippen LogP contribution in [0.4, 0.5) is 0 Å². The number of fused-ring (bicyclic) bond motifs is 1. The average molecular weight is 323 g/mol. The topological polar surface area (TPSA) is 29.5 Å². The van der Waals surface area contributed by atoms with Crippen molar-refractivity contribution in [1.29, 1.82) is 0 Å². The fraction of sp³-hybridized carbons (Fsp3) is 0.294. The first-order valence-electron chi connectivity index (χ1n) is 6.97. The van der Waals surface area contributed by atoms with E-state index in [2.05, 4.69) is 12.1 Å². The van der Waals surface area contributed by atoms with Gasteiger partial charge in [0.05, 0.1) is 18.8 Å². The maximum Gasteiger partial charge on any atom is 0.0855 e. The summed E-state index contributed by atoms with van der Waals surface area (Å²) < 4.78 is 5.83. The van der Waals surface area contributed by atoms with Gasteiger partial charge in [-0.05, 0) is 35.2 Å². The molecule has 2 unspecified atom stereocenters. The van der Waals surface area contributed by atoms with E-state index in [1.807, 2.05) is 12.1 Å². The maximum atomic E-state index is 10.5. The summed E-state index contributed by atoms with van der Waals surface area (Å²) in [6, 6.07) is 13.4. The second kappa shape index (κ2) is 6.37. The van der Waals surface area contributed by atoms with Crippen molar-refractivity contribution >= 4 is 23.2 Å². The van der Waals surface area contributed by atoms with E-state index in [0.717, 1.165) is 12.0 Å². The molecule has 1 N–H and O–H groups in total. The molecule has 0 radical (unpaired) electrons. The number of benzene rings is 2. The summed E-state index contributed by atoms with van der Waals surface area (Å²) >= 11 is 12.0. The van der Waals surface area contributed by atoms with E-state index in [9.17, 15) is 5.11 Å². The molecule has 0 aliphatic carbocycles. The van der Waals surface area contributed by atoms with Crippen molar-refractivity contribution in [3.8, 4) is 0 Å². The van der Waals surface area contributed by atoms with E-state index in [4.69, 9.17) is 27.9 Å². The third kappa shape index (κ3) is 3.24. The minimum absolute atomic E-state index is 0.100. The Labute approximate surface area is 134 Å². The van der Waals surface area contributed by atoms with Crippen LogP contribution >= 0.6 is 23.2 Å². The number of aliphatic hydroxyl groups is 1. The Bertz CT molecular complexity index is 642. The van der Waals surface area contributed by atoms with Crippen molar-refractivity contribution in [2.75, 3.05) is 6.61 Å². The number of rotatable bonds is 3. The lowest BCUT2D eigenvalue weighted by atomic mass is 9.92. The van der Waals surface area contributed by atoms with E-state index >= 15 is 0 Å². The molecule has 0 saturated heterocycles. The Morgan fingerprint density at radius 2 is 2.00 bits per heavy atom. The molecule has 1 heterocycles. The molecule has 110 valence electrons. The Balaban J connectivity index is 1.81. The summed E-state index contributed by atoms with van der Waals surface area (Å²) in [5.74, 6) is 0. The van der Waals surface area contributed by atoms with Crippen molar-refractivity contribution in [3.63, 3.8) is 0 Å². The largest absolute Gasteiger partial charge is 0.388 e. The third-order valence-corrected chi connectivity index (χ3v) is 4.41. The molecule has 0 bridgehead atoms. The minimum atomic E-state index is -0.675. The zero-order valence-electron chi connectivity index (χ0n) is 11.4. The third-order valence-electron chi connectivity index (χ3n) is 3.85. The van der Waals surface area contributed by atoms with E-state index in [-0.39, 0.29) is 6.10 Å². The van der Waals surface area contributed by atoms with Crippen LogP contribution in [0.3, 0.4) is 0 Å². The Kier molecular flexibility index (Phi) is 4.51. The first-order valence-corrected chi connectivity index (χ1v) is 7.73.